The van der Waals surface area contributed by atoms with Crippen molar-refractivity contribution in [3.63, 3.8) is 0 Å². The molecule has 0 aromatic carbocycles. The number of nitrogens with two attached hydrogens (primary N) is 1. The average molecular weight is 225 g/mol. The molecule has 0 aromatic rings. The number of aliphatic hydroxyl groups is 1. The number of aliphatic imine (C=N–C) groups is 1. The smallest absolute Gasteiger partial charge is 0.334 e. The van der Waals surface area contributed by atoms with Crippen LogP contribution in [-0.2, 0) is 4.65 Å². The standard InChI is InChI=1S/C11H22BN2O2/c1-8(13)9(7-14-6)12-16-11(4,5)10(2,3)15/h7,15H,13H2,1-6H3. The van der Waals surface area contributed by atoms with Gasteiger partial charge in [0.25, 0.3) is 0 Å². The SMILES string of the molecule is CN=CC([B]OC(C)(C)C(C)(C)O)=C(C)N. The minimum atomic E-state index is -0.944. The van der Waals surface area contributed by atoms with Crippen molar-refractivity contribution in [3.8, 4) is 0 Å². The highest BCUT2D eigenvalue weighted by atomic mass is 16.5. The van der Waals surface area contributed by atoms with Crippen LogP contribution in [0.4, 0.5) is 0 Å². The average Bonchev–Trinajstić information content (AvgIpc) is 2.09. The molecule has 0 aliphatic heterocycles. The van der Waals surface area contributed by atoms with E-state index in [0.717, 1.165) is 0 Å². The molecule has 0 rings (SSSR count). The molecule has 3 N–H and O–H groups in total. The summed E-state index contributed by atoms with van der Waals surface area (Å²) in [7, 11) is 3.19. The van der Waals surface area contributed by atoms with Crippen LogP contribution < -0.4 is 5.73 Å². The van der Waals surface area contributed by atoms with Gasteiger partial charge in [-0.05, 0) is 40.1 Å². The summed E-state index contributed by atoms with van der Waals surface area (Å²) >= 11 is 0. The Kier molecular flexibility index (Phi) is 5.22. The molecule has 0 aliphatic rings. The molecule has 0 unspecified atom stereocenters. The van der Waals surface area contributed by atoms with Crippen LogP contribution in [0.3, 0.4) is 0 Å². The van der Waals surface area contributed by atoms with E-state index in [2.05, 4.69) is 4.99 Å². The van der Waals surface area contributed by atoms with Gasteiger partial charge in [-0.25, -0.2) is 0 Å². The molecule has 0 saturated carbocycles. The fourth-order valence-corrected chi connectivity index (χ4v) is 0.719. The van der Waals surface area contributed by atoms with Crippen LogP contribution in [0.1, 0.15) is 34.6 Å². The largest absolute Gasteiger partial charge is 0.426 e. The van der Waals surface area contributed by atoms with Crippen molar-refractivity contribution in [1.82, 2.24) is 0 Å². The lowest BCUT2D eigenvalue weighted by Crippen LogP contribution is -2.48. The van der Waals surface area contributed by atoms with Gasteiger partial charge in [0, 0.05) is 19.0 Å². The van der Waals surface area contributed by atoms with Crippen molar-refractivity contribution in [3.05, 3.63) is 11.2 Å². The third kappa shape index (κ3) is 4.37. The molecule has 0 saturated heterocycles. The van der Waals surface area contributed by atoms with Crippen LogP contribution in [0, 0.1) is 0 Å². The Morgan fingerprint density at radius 1 is 1.38 bits per heavy atom. The Balaban J connectivity index is 4.62. The van der Waals surface area contributed by atoms with Gasteiger partial charge in [-0.2, -0.15) is 0 Å². The van der Waals surface area contributed by atoms with E-state index in [1.807, 2.05) is 13.8 Å². The Morgan fingerprint density at radius 2 is 1.88 bits per heavy atom. The first-order valence-electron chi connectivity index (χ1n) is 5.23. The summed E-state index contributed by atoms with van der Waals surface area (Å²) in [6.07, 6.45) is 1.62. The maximum Gasteiger partial charge on any atom is 0.334 e. The summed E-state index contributed by atoms with van der Waals surface area (Å²) in [5.74, 6) is 0. The van der Waals surface area contributed by atoms with E-state index in [1.165, 1.54) is 7.48 Å². The first-order chi connectivity index (χ1) is 7.12. The zero-order chi connectivity index (χ0) is 13.0. The molecule has 5 heteroatoms. The summed E-state index contributed by atoms with van der Waals surface area (Å²) in [4.78, 5) is 3.88. The van der Waals surface area contributed by atoms with Gasteiger partial charge in [-0.1, -0.05) is 0 Å². The fraction of sp³-hybridized carbons (Fsp3) is 0.727. The topological polar surface area (TPSA) is 67.8 Å². The Labute approximate surface area is 98.9 Å². The predicted molar refractivity (Wildman–Crippen MR) is 68.5 cm³/mol. The second-order valence-electron chi connectivity index (χ2n) is 4.83. The third-order valence-corrected chi connectivity index (χ3v) is 2.68. The zero-order valence-corrected chi connectivity index (χ0v) is 11.0. The number of hydrogen-bond donors (Lipinski definition) is 2. The van der Waals surface area contributed by atoms with Crippen molar-refractivity contribution in [2.75, 3.05) is 7.05 Å². The zero-order valence-electron chi connectivity index (χ0n) is 11.0. The van der Waals surface area contributed by atoms with E-state index in [1.54, 1.807) is 34.0 Å². The van der Waals surface area contributed by atoms with Crippen LogP contribution in [0.5, 0.6) is 0 Å². The summed E-state index contributed by atoms with van der Waals surface area (Å²) < 4.78 is 5.57. The summed E-state index contributed by atoms with van der Waals surface area (Å²) in [5, 5.41) is 9.90. The van der Waals surface area contributed by atoms with E-state index in [4.69, 9.17) is 10.4 Å². The quantitative estimate of drug-likeness (QED) is 0.543. The molecule has 16 heavy (non-hydrogen) atoms. The predicted octanol–water partition coefficient (Wildman–Crippen LogP) is 1.06. The fourth-order valence-electron chi connectivity index (χ4n) is 0.719. The first kappa shape index (κ1) is 15.2. The lowest BCUT2D eigenvalue weighted by molar-refractivity contribution is -0.0895. The number of hydrogen-bond acceptors (Lipinski definition) is 4. The normalized spacial score (nSPS) is 15.2. The lowest BCUT2D eigenvalue weighted by Gasteiger charge is -2.37. The maximum absolute atomic E-state index is 9.90. The molecule has 0 amide bonds. The van der Waals surface area contributed by atoms with Crippen molar-refractivity contribution < 1.29 is 9.76 Å². The maximum atomic E-state index is 9.90. The van der Waals surface area contributed by atoms with Gasteiger partial charge in [-0.15, -0.1) is 0 Å². The van der Waals surface area contributed by atoms with Gasteiger partial charge in [0.2, 0.25) is 0 Å². The number of rotatable bonds is 5. The molecular weight excluding hydrogens is 203 g/mol. The van der Waals surface area contributed by atoms with Gasteiger partial charge in [-0.3, -0.25) is 4.99 Å². The van der Waals surface area contributed by atoms with Crippen LogP contribution in [0.2, 0.25) is 0 Å². The lowest BCUT2D eigenvalue weighted by atomic mass is 9.82. The van der Waals surface area contributed by atoms with E-state index < -0.39 is 11.2 Å². The van der Waals surface area contributed by atoms with E-state index in [9.17, 15) is 5.11 Å². The molecular formula is C11H22BN2O2. The number of nitrogens with zero attached hydrogens (tertiary/aromatic N) is 1. The highest BCUT2D eigenvalue weighted by Crippen LogP contribution is 2.24. The van der Waals surface area contributed by atoms with Crippen molar-refractivity contribution in [2.24, 2.45) is 10.7 Å². The Bertz CT molecular complexity index is 287. The van der Waals surface area contributed by atoms with E-state index in [-0.39, 0.29) is 0 Å². The molecule has 0 aromatic heterocycles. The van der Waals surface area contributed by atoms with Gasteiger partial charge >= 0.3 is 7.48 Å². The van der Waals surface area contributed by atoms with Crippen molar-refractivity contribution in [2.45, 2.75) is 45.8 Å². The minimum Gasteiger partial charge on any atom is -0.426 e. The molecule has 0 fully saturated rings. The van der Waals surface area contributed by atoms with Crippen LogP contribution >= 0.6 is 0 Å². The molecule has 4 nitrogen and oxygen atoms in total. The second-order valence-corrected chi connectivity index (χ2v) is 4.83. The summed E-state index contributed by atoms with van der Waals surface area (Å²) in [5.41, 5.74) is 5.36. The highest BCUT2D eigenvalue weighted by Gasteiger charge is 2.35. The third-order valence-electron chi connectivity index (χ3n) is 2.68. The van der Waals surface area contributed by atoms with Crippen molar-refractivity contribution in [1.29, 1.82) is 0 Å². The molecule has 0 atom stereocenters. The molecule has 0 heterocycles. The number of allylic oxidation sites excluding steroid dienone is 2. The van der Waals surface area contributed by atoms with Crippen LogP contribution in [0.15, 0.2) is 16.2 Å². The highest BCUT2D eigenvalue weighted by molar-refractivity contribution is 6.46. The monoisotopic (exact) mass is 225 g/mol. The van der Waals surface area contributed by atoms with Gasteiger partial charge in [0.1, 0.15) is 0 Å². The molecule has 1 radical (unpaired) electrons. The molecule has 0 bridgehead atoms. The second kappa shape index (κ2) is 5.50. The first-order valence-corrected chi connectivity index (χ1v) is 5.23. The van der Waals surface area contributed by atoms with E-state index in [0.29, 0.717) is 11.2 Å². The van der Waals surface area contributed by atoms with E-state index >= 15 is 0 Å². The van der Waals surface area contributed by atoms with Crippen LogP contribution in [-0.4, -0.2) is 37.1 Å². The minimum absolute atomic E-state index is 0.622. The molecule has 0 aliphatic carbocycles. The van der Waals surface area contributed by atoms with Crippen LogP contribution in [0.25, 0.3) is 0 Å². The van der Waals surface area contributed by atoms with Gasteiger partial charge in [0.05, 0.1) is 11.2 Å². The molecule has 91 valence electrons. The Morgan fingerprint density at radius 3 is 2.19 bits per heavy atom. The summed E-state index contributed by atoms with van der Waals surface area (Å²) in [6, 6.07) is 0. The van der Waals surface area contributed by atoms with Gasteiger partial charge < -0.3 is 15.5 Å². The van der Waals surface area contributed by atoms with Crippen molar-refractivity contribution >= 4 is 13.7 Å². The molecule has 0 spiro atoms. The summed E-state index contributed by atoms with van der Waals surface area (Å²) in [6.45, 7) is 8.81. The Hall–Kier alpha value is -0.805. The van der Waals surface area contributed by atoms with Gasteiger partial charge in [0.15, 0.2) is 0 Å².